The van der Waals surface area contributed by atoms with Crippen molar-refractivity contribution in [2.24, 2.45) is 5.73 Å². The van der Waals surface area contributed by atoms with E-state index < -0.39 is 17.6 Å². The second kappa shape index (κ2) is 6.87. The van der Waals surface area contributed by atoms with E-state index in [0.717, 1.165) is 25.3 Å². The van der Waals surface area contributed by atoms with E-state index in [4.69, 9.17) is 11.0 Å². The van der Waals surface area contributed by atoms with E-state index in [1.54, 1.807) is 12.1 Å². The molecule has 28 heavy (non-hydrogen) atoms. The third kappa shape index (κ3) is 3.17. The summed E-state index contributed by atoms with van der Waals surface area (Å²) in [5, 5.41) is 8.86. The maximum Gasteiger partial charge on any atom is 0.417 e. The minimum Gasteiger partial charge on any atom is -0.326 e. The molecule has 146 valence electrons. The molecule has 2 fully saturated rings. The molecule has 2 bridgehead atoms. The minimum atomic E-state index is -4.59. The lowest BCUT2D eigenvalue weighted by molar-refractivity contribution is -0.138. The lowest BCUT2D eigenvalue weighted by Gasteiger charge is -2.25. The van der Waals surface area contributed by atoms with Crippen LogP contribution in [0.4, 0.5) is 17.6 Å². The normalized spacial score (nSPS) is 24.5. The molecule has 3 atom stereocenters. The number of nitrogens with zero attached hydrogens (tertiary/aromatic N) is 2. The first-order chi connectivity index (χ1) is 13.3. The lowest BCUT2D eigenvalue weighted by atomic mass is 9.93. The van der Waals surface area contributed by atoms with Gasteiger partial charge in [-0.3, -0.25) is 4.90 Å². The molecule has 2 N–H and O–H groups in total. The van der Waals surface area contributed by atoms with Crippen molar-refractivity contribution in [2.75, 3.05) is 0 Å². The third-order valence-corrected chi connectivity index (χ3v) is 5.92. The van der Waals surface area contributed by atoms with Gasteiger partial charge in [-0.15, -0.1) is 0 Å². The molecule has 0 aromatic heterocycles. The van der Waals surface area contributed by atoms with Gasteiger partial charge < -0.3 is 5.73 Å². The van der Waals surface area contributed by atoms with Crippen molar-refractivity contribution in [1.82, 2.24) is 4.90 Å². The van der Waals surface area contributed by atoms with Gasteiger partial charge in [0.2, 0.25) is 0 Å². The molecule has 2 aliphatic rings. The first-order valence-corrected chi connectivity index (χ1v) is 9.20. The highest BCUT2D eigenvalue weighted by Gasteiger charge is 2.45. The fourth-order valence-corrected chi connectivity index (χ4v) is 4.67. The smallest absolute Gasteiger partial charge is 0.326 e. The van der Waals surface area contributed by atoms with Crippen LogP contribution < -0.4 is 5.73 Å². The first kappa shape index (κ1) is 18.9. The Kier molecular flexibility index (Phi) is 4.64. The number of hydrogen-bond acceptors (Lipinski definition) is 3. The predicted octanol–water partition coefficient (Wildman–Crippen LogP) is 4.45. The maximum absolute atomic E-state index is 14.0. The monoisotopic (exact) mass is 389 g/mol. The van der Waals surface area contributed by atoms with Gasteiger partial charge in [0.15, 0.2) is 0 Å². The molecule has 2 aliphatic heterocycles. The molecule has 0 saturated carbocycles. The second-order valence-corrected chi connectivity index (χ2v) is 7.51. The van der Waals surface area contributed by atoms with Crippen LogP contribution in [0.3, 0.4) is 0 Å². The molecule has 0 radical (unpaired) electrons. The van der Waals surface area contributed by atoms with Crippen molar-refractivity contribution in [1.29, 1.82) is 5.26 Å². The summed E-state index contributed by atoms with van der Waals surface area (Å²) >= 11 is 0. The van der Waals surface area contributed by atoms with Crippen LogP contribution in [0.1, 0.15) is 36.0 Å². The third-order valence-electron chi connectivity index (χ3n) is 5.92. The topological polar surface area (TPSA) is 53.0 Å². The fraction of sp³-hybridized carbons (Fsp3) is 0.381. The Morgan fingerprint density at radius 2 is 1.96 bits per heavy atom. The van der Waals surface area contributed by atoms with Gasteiger partial charge in [-0.2, -0.15) is 18.4 Å². The van der Waals surface area contributed by atoms with Crippen molar-refractivity contribution in [3.05, 3.63) is 58.9 Å². The van der Waals surface area contributed by atoms with Crippen LogP contribution in [-0.4, -0.2) is 23.0 Å². The summed E-state index contributed by atoms with van der Waals surface area (Å²) in [6, 6.07) is 9.96. The van der Waals surface area contributed by atoms with Crippen LogP contribution in [0.15, 0.2) is 36.4 Å². The number of alkyl halides is 3. The second-order valence-electron chi connectivity index (χ2n) is 7.51. The van der Waals surface area contributed by atoms with E-state index in [1.807, 2.05) is 0 Å². The molecule has 7 heteroatoms. The molecule has 0 unspecified atom stereocenters. The number of fused-ring (bicyclic) bond motifs is 2. The molecular formula is C21H19F4N3. The van der Waals surface area contributed by atoms with Crippen molar-refractivity contribution in [3.63, 3.8) is 0 Å². The molecule has 2 saturated heterocycles. The Balaban J connectivity index is 1.78. The Hall–Kier alpha value is -2.43. The highest BCUT2D eigenvalue weighted by molar-refractivity contribution is 5.70. The van der Waals surface area contributed by atoms with Gasteiger partial charge in [-0.1, -0.05) is 24.3 Å². The van der Waals surface area contributed by atoms with E-state index in [2.05, 4.69) is 4.90 Å². The van der Waals surface area contributed by atoms with E-state index in [0.29, 0.717) is 0 Å². The van der Waals surface area contributed by atoms with Crippen molar-refractivity contribution in [2.45, 2.75) is 50.1 Å². The number of nitriles is 1. The van der Waals surface area contributed by atoms with Crippen LogP contribution in [0.2, 0.25) is 0 Å². The average Bonchev–Trinajstić information content (AvgIpc) is 3.16. The largest absolute Gasteiger partial charge is 0.417 e. The van der Waals surface area contributed by atoms with Crippen LogP contribution in [0.5, 0.6) is 0 Å². The number of halogens is 4. The van der Waals surface area contributed by atoms with Gasteiger partial charge in [0.05, 0.1) is 11.1 Å². The summed E-state index contributed by atoms with van der Waals surface area (Å²) in [4.78, 5) is 2.08. The number of rotatable bonds is 3. The van der Waals surface area contributed by atoms with Gasteiger partial charge in [0.1, 0.15) is 11.9 Å². The zero-order valence-corrected chi connectivity index (χ0v) is 15.0. The van der Waals surface area contributed by atoms with Crippen LogP contribution in [0, 0.1) is 17.1 Å². The zero-order valence-electron chi connectivity index (χ0n) is 15.0. The number of nitrogens with two attached hydrogens (primary N) is 1. The van der Waals surface area contributed by atoms with Gasteiger partial charge >= 0.3 is 6.18 Å². The Morgan fingerprint density at radius 1 is 1.18 bits per heavy atom. The molecule has 2 aromatic carbocycles. The van der Waals surface area contributed by atoms with Crippen LogP contribution in [-0.2, 0) is 12.7 Å². The van der Waals surface area contributed by atoms with Gasteiger partial charge in [-0.05, 0) is 48.1 Å². The Bertz CT molecular complexity index is 948. The summed E-state index contributed by atoms with van der Waals surface area (Å²) in [7, 11) is 0. The SMILES string of the molecule is N#Cc1ccc(-c2cccc(CN3[C@@H]4CC[C@H]3[C@@H](N)C4)c2C(F)(F)F)cc1F. The summed E-state index contributed by atoms with van der Waals surface area (Å²) in [6.45, 7) is 0.171. The summed E-state index contributed by atoms with van der Waals surface area (Å²) in [5.41, 5.74) is 5.36. The molecule has 0 aliphatic carbocycles. The summed E-state index contributed by atoms with van der Waals surface area (Å²) in [6.07, 6.45) is -1.91. The van der Waals surface area contributed by atoms with Gasteiger partial charge in [-0.25, -0.2) is 4.39 Å². The maximum atomic E-state index is 14.0. The Morgan fingerprint density at radius 3 is 2.54 bits per heavy atom. The predicted molar refractivity (Wildman–Crippen MR) is 96.5 cm³/mol. The van der Waals surface area contributed by atoms with Crippen molar-refractivity contribution in [3.8, 4) is 17.2 Å². The molecule has 0 spiro atoms. The molecule has 0 amide bonds. The van der Waals surface area contributed by atoms with Gasteiger partial charge in [0, 0.05) is 24.7 Å². The zero-order chi connectivity index (χ0) is 20.1. The fourth-order valence-electron chi connectivity index (χ4n) is 4.67. The lowest BCUT2D eigenvalue weighted by Crippen LogP contribution is -2.36. The number of benzene rings is 2. The van der Waals surface area contributed by atoms with Crippen LogP contribution in [0.25, 0.3) is 11.1 Å². The minimum absolute atomic E-state index is 0.00360. The number of hydrogen-bond donors (Lipinski definition) is 1. The van der Waals surface area contributed by atoms with E-state index in [9.17, 15) is 17.6 Å². The summed E-state index contributed by atoms with van der Waals surface area (Å²) in [5.74, 6) is -0.831. The molecule has 2 heterocycles. The molecule has 3 nitrogen and oxygen atoms in total. The quantitative estimate of drug-likeness (QED) is 0.790. The molecule has 4 rings (SSSR count). The first-order valence-electron chi connectivity index (χ1n) is 9.20. The van der Waals surface area contributed by atoms with E-state index in [1.165, 1.54) is 24.3 Å². The Labute approximate surface area is 160 Å². The highest BCUT2D eigenvalue weighted by atomic mass is 19.4. The highest BCUT2D eigenvalue weighted by Crippen LogP contribution is 2.43. The standard InChI is InChI=1S/C21H19F4N3/c22-17-8-12(4-5-13(17)10-26)16-3-1-2-14(20(16)21(23,24)25)11-28-15-6-7-19(28)18(27)9-15/h1-5,8,15,18-19H,6-7,9,11,27H2/t15-,18+,19+/m1/s1. The molecule has 2 aromatic rings. The van der Waals surface area contributed by atoms with E-state index >= 15 is 0 Å². The van der Waals surface area contributed by atoms with E-state index in [-0.39, 0.29) is 46.9 Å². The average molecular weight is 389 g/mol. The van der Waals surface area contributed by atoms with Crippen molar-refractivity contribution < 1.29 is 17.6 Å². The van der Waals surface area contributed by atoms with Crippen molar-refractivity contribution >= 4 is 0 Å². The van der Waals surface area contributed by atoms with Crippen LogP contribution >= 0.6 is 0 Å². The van der Waals surface area contributed by atoms with Gasteiger partial charge in [0.25, 0.3) is 0 Å². The summed E-state index contributed by atoms with van der Waals surface area (Å²) < 4.78 is 56.1. The molecular weight excluding hydrogens is 370 g/mol.